The number of rotatable bonds is 7. The smallest absolute Gasteiger partial charge is 0.236 e. The van der Waals surface area contributed by atoms with E-state index in [0.717, 1.165) is 24.6 Å². The lowest BCUT2D eigenvalue weighted by molar-refractivity contribution is -0.134. The summed E-state index contributed by atoms with van der Waals surface area (Å²) in [5.41, 5.74) is 0. The van der Waals surface area contributed by atoms with Gasteiger partial charge in [-0.15, -0.1) is 0 Å². The monoisotopic (exact) mass is 421 g/mol. The van der Waals surface area contributed by atoms with Crippen molar-refractivity contribution >= 4 is 15.7 Å². The van der Waals surface area contributed by atoms with E-state index in [1.807, 2.05) is 34.1 Å². The van der Waals surface area contributed by atoms with Gasteiger partial charge in [-0.25, -0.2) is 8.42 Å². The molecule has 0 aliphatic carbocycles. The summed E-state index contributed by atoms with van der Waals surface area (Å²) in [5, 5.41) is 0. The van der Waals surface area contributed by atoms with E-state index >= 15 is 0 Å². The Morgan fingerprint density at radius 2 is 1.66 bits per heavy atom. The Bertz CT molecular complexity index is 850. The molecule has 29 heavy (non-hydrogen) atoms. The predicted molar refractivity (Wildman–Crippen MR) is 107 cm³/mol. The lowest BCUT2D eigenvalue weighted by atomic mass is 10.2. The van der Waals surface area contributed by atoms with Gasteiger partial charge < -0.3 is 13.7 Å². The number of carbonyl (C=O) groups excluding carboxylic acids is 1. The summed E-state index contributed by atoms with van der Waals surface area (Å²) in [4.78, 5) is 19.0. The molecule has 2 fully saturated rings. The first kappa shape index (κ1) is 20.2. The number of furan rings is 2. The molecule has 0 aromatic carbocycles. The molecule has 9 heteroatoms. The molecule has 0 bridgehead atoms. The van der Waals surface area contributed by atoms with Crippen molar-refractivity contribution in [3.05, 3.63) is 48.3 Å². The molecule has 1 atom stereocenters. The molecular formula is C20H27N3O5S. The summed E-state index contributed by atoms with van der Waals surface area (Å²) < 4.78 is 34.3. The molecule has 4 heterocycles. The van der Waals surface area contributed by atoms with Crippen LogP contribution in [0.4, 0.5) is 0 Å². The summed E-state index contributed by atoms with van der Waals surface area (Å²) in [6, 6.07) is 7.57. The van der Waals surface area contributed by atoms with Crippen molar-refractivity contribution in [2.75, 3.05) is 44.2 Å². The van der Waals surface area contributed by atoms with Gasteiger partial charge in [-0.3, -0.25) is 14.6 Å². The predicted octanol–water partition coefficient (Wildman–Crippen LogP) is 1.21. The van der Waals surface area contributed by atoms with Crippen LogP contribution in [0.25, 0.3) is 0 Å². The zero-order valence-electron chi connectivity index (χ0n) is 16.4. The number of hydrogen-bond donors (Lipinski definition) is 0. The van der Waals surface area contributed by atoms with Crippen LogP contribution in [0.15, 0.2) is 45.6 Å². The second kappa shape index (κ2) is 8.73. The van der Waals surface area contributed by atoms with Gasteiger partial charge in [0.05, 0.1) is 43.7 Å². The van der Waals surface area contributed by atoms with Gasteiger partial charge in [0.15, 0.2) is 9.84 Å². The molecule has 4 rings (SSSR count). The average molecular weight is 422 g/mol. The maximum absolute atomic E-state index is 12.9. The van der Waals surface area contributed by atoms with E-state index in [2.05, 4.69) is 4.90 Å². The topological polar surface area (TPSA) is 87.2 Å². The van der Waals surface area contributed by atoms with Crippen molar-refractivity contribution in [3.63, 3.8) is 0 Å². The Labute approximate surface area is 171 Å². The van der Waals surface area contributed by atoms with Crippen molar-refractivity contribution in [2.24, 2.45) is 0 Å². The first-order chi connectivity index (χ1) is 14.0. The molecule has 0 spiro atoms. The largest absolute Gasteiger partial charge is 0.468 e. The van der Waals surface area contributed by atoms with Crippen LogP contribution in [0.5, 0.6) is 0 Å². The van der Waals surface area contributed by atoms with Crippen molar-refractivity contribution < 1.29 is 22.0 Å². The number of hydrogen-bond acceptors (Lipinski definition) is 7. The van der Waals surface area contributed by atoms with Crippen LogP contribution in [0, 0.1) is 0 Å². The van der Waals surface area contributed by atoms with Crippen LogP contribution < -0.4 is 0 Å². The fourth-order valence-electron chi connectivity index (χ4n) is 4.10. The Balaban J connectivity index is 1.32. The van der Waals surface area contributed by atoms with Gasteiger partial charge in [0.2, 0.25) is 5.91 Å². The van der Waals surface area contributed by atoms with Gasteiger partial charge in [0, 0.05) is 32.2 Å². The Hall–Kier alpha value is -2.10. The van der Waals surface area contributed by atoms with Crippen molar-refractivity contribution in [1.82, 2.24) is 14.7 Å². The molecule has 0 saturated carbocycles. The van der Waals surface area contributed by atoms with Crippen LogP contribution >= 0.6 is 0 Å². The number of piperazine rings is 1. The number of sulfone groups is 1. The summed E-state index contributed by atoms with van der Waals surface area (Å²) >= 11 is 0. The molecule has 158 valence electrons. The van der Waals surface area contributed by atoms with Crippen molar-refractivity contribution in [1.29, 1.82) is 0 Å². The maximum atomic E-state index is 12.9. The standard InChI is InChI=1S/C20H27N3O5S/c24-20(23-8-6-22(7-9-23)17-5-12-29(25,26)16-17)15-21(13-18-3-1-10-27-18)14-19-4-2-11-28-19/h1-4,10-11,17H,5-9,12-16H2. The van der Waals surface area contributed by atoms with Gasteiger partial charge in [-0.1, -0.05) is 0 Å². The highest BCUT2D eigenvalue weighted by molar-refractivity contribution is 7.91. The summed E-state index contributed by atoms with van der Waals surface area (Å²) in [7, 11) is -2.89. The minimum Gasteiger partial charge on any atom is -0.468 e. The van der Waals surface area contributed by atoms with Crippen LogP contribution in [0.1, 0.15) is 17.9 Å². The number of nitrogens with zero attached hydrogens (tertiary/aromatic N) is 3. The van der Waals surface area contributed by atoms with Gasteiger partial charge in [0.25, 0.3) is 0 Å². The third kappa shape index (κ3) is 5.29. The lowest BCUT2D eigenvalue weighted by Gasteiger charge is -2.38. The summed E-state index contributed by atoms with van der Waals surface area (Å²) in [6.07, 6.45) is 3.96. The zero-order valence-corrected chi connectivity index (χ0v) is 17.2. The number of amides is 1. The average Bonchev–Trinajstić information content (AvgIpc) is 3.45. The lowest BCUT2D eigenvalue weighted by Crippen LogP contribution is -2.53. The second-order valence-electron chi connectivity index (χ2n) is 7.78. The van der Waals surface area contributed by atoms with Crippen molar-refractivity contribution in [2.45, 2.75) is 25.6 Å². The first-order valence-corrected chi connectivity index (χ1v) is 11.8. The van der Waals surface area contributed by atoms with Crippen LogP contribution in [-0.4, -0.2) is 79.3 Å². The summed E-state index contributed by atoms with van der Waals surface area (Å²) in [6.45, 7) is 4.04. The number of carbonyl (C=O) groups is 1. The van der Waals surface area contributed by atoms with E-state index in [4.69, 9.17) is 8.83 Å². The van der Waals surface area contributed by atoms with Gasteiger partial charge >= 0.3 is 0 Å². The Morgan fingerprint density at radius 1 is 1.03 bits per heavy atom. The second-order valence-corrected chi connectivity index (χ2v) is 10.0. The van der Waals surface area contributed by atoms with E-state index in [-0.39, 0.29) is 30.0 Å². The highest BCUT2D eigenvalue weighted by Gasteiger charge is 2.34. The van der Waals surface area contributed by atoms with E-state index < -0.39 is 9.84 Å². The molecular weight excluding hydrogens is 394 g/mol. The minimum absolute atomic E-state index is 0.0711. The normalized spacial score (nSPS) is 22.4. The molecule has 0 N–H and O–H groups in total. The molecule has 1 unspecified atom stereocenters. The molecule has 2 aliphatic rings. The van der Waals surface area contributed by atoms with Gasteiger partial charge in [-0.05, 0) is 30.7 Å². The van der Waals surface area contributed by atoms with E-state index in [1.54, 1.807) is 12.5 Å². The molecule has 1 amide bonds. The van der Waals surface area contributed by atoms with Crippen LogP contribution in [0.2, 0.25) is 0 Å². The third-order valence-corrected chi connectivity index (χ3v) is 7.42. The SMILES string of the molecule is O=C(CN(Cc1ccco1)Cc1ccco1)N1CCN(C2CCS(=O)(=O)C2)CC1. The van der Waals surface area contributed by atoms with Gasteiger partial charge in [-0.2, -0.15) is 0 Å². The Morgan fingerprint density at radius 3 is 2.14 bits per heavy atom. The molecule has 2 saturated heterocycles. The molecule has 0 radical (unpaired) electrons. The van der Waals surface area contributed by atoms with Crippen molar-refractivity contribution in [3.8, 4) is 0 Å². The van der Waals surface area contributed by atoms with E-state index in [1.165, 1.54) is 0 Å². The zero-order chi connectivity index (χ0) is 20.3. The highest BCUT2D eigenvalue weighted by atomic mass is 32.2. The fourth-order valence-corrected chi connectivity index (χ4v) is 5.87. The fraction of sp³-hybridized carbons (Fsp3) is 0.550. The van der Waals surface area contributed by atoms with Crippen LogP contribution in [0.3, 0.4) is 0 Å². The molecule has 8 nitrogen and oxygen atoms in total. The van der Waals surface area contributed by atoms with E-state index in [9.17, 15) is 13.2 Å². The van der Waals surface area contributed by atoms with E-state index in [0.29, 0.717) is 32.6 Å². The summed E-state index contributed by atoms with van der Waals surface area (Å²) in [5.74, 6) is 2.21. The van der Waals surface area contributed by atoms with Crippen LogP contribution in [-0.2, 0) is 27.7 Å². The van der Waals surface area contributed by atoms with Gasteiger partial charge in [0.1, 0.15) is 11.5 Å². The molecule has 2 aliphatic heterocycles. The molecule has 2 aromatic rings. The Kier molecular flexibility index (Phi) is 6.07. The maximum Gasteiger partial charge on any atom is 0.236 e. The first-order valence-electron chi connectivity index (χ1n) is 9.98. The molecule has 2 aromatic heterocycles. The third-order valence-electron chi connectivity index (χ3n) is 5.67. The quantitative estimate of drug-likeness (QED) is 0.664. The minimum atomic E-state index is -2.89. The highest BCUT2D eigenvalue weighted by Crippen LogP contribution is 2.19.